The normalized spacial score (nSPS) is 15.9. The summed E-state index contributed by atoms with van der Waals surface area (Å²) in [6.07, 6.45) is 5.48. The highest BCUT2D eigenvalue weighted by atomic mass is 19.1. The summed E-state index contributed by atoms with van der Waals surface area (Å²) in [7, 11) is 1.81. The van der Waals surface area contributed by atoms with Crippen LogP contribution in [0.5, 0.6) is 0 Å². The predicted molar refractivity (Wildman–Crippen MR) is 128 cm³/mol. The standard InChI is InChI=1S/C23H29FN8O2/c1-23(2,3)34-22(33)32-8-7-14(12-32)17-11-26-21(28-16-10-27-31(4)13-16)30-20(17)29-19-9-15(25)5-6-18(19)24/h5-6,9-11,13-14H,7-8,12,25H2,1-4H3,(H2,26,28,29,30). The summed E-state index contributed by atoms with van der Waals surface area (Å²) in [6.45, 7) is 6.50. The van der Waals surface area contributed by atoms with Crippen molar-refractivity contribution in [3.05, 3.63) is 48.2 Å². The Kier molecular flexibility index (Phi) is 6.27. The number of ether oxygens (including phenoxy) is 1. The van der Waals surface area contributed by atoms with E-state index in [1.807, 2.05) is 20.8 Å². The Hall–Kier alpha value is -3.89. The summed E-state index contributed by atoms with van der Waals surface area (Å²) in [5.74, 6) is 0.251. The lowest BCUT2D eigenvalue weighted by molar-refractivity contribution is 0.0292. The predicted octanol–water partition coefficient (Wildman–Crippen LogP) is 4.14. The minimum Gasteiger partial charge on any atom is -0.444 e. The summed E-state index contributed by atoms with van der Waals surface area (Å²) in [6, 6.07) is 4.30. The molecule has 11 heteroatoms. The number of hydrogen-bond donors (Lipinski definition) is 3. The molecule has 1 unspecified atom stereocenters. The van der Waals surface area contributed by atoms with E-state index in [4.69, 9.17) is 10.5 Å². The van der Waals surface area contributed by atoms with Gasteiger partial charge in [0.2, 0.25) is 5.95 Å². The molecule has 1 aromatic carbocycles. The highest BCUT2D eigenvalue weighted by Crippen LogP contribution is 2.34. The molecule has 180 valence electrons. The van der Waals surface area contributed by atoms with Crippen LogP contribution in [0.3, 0.4) is 0 Å². The van der Waals surface area contributed by atoms with E-state index in [-0.39, 0.29) is 17.7 Å². The number of nitrogen functional groups attached to an aromatic ring is 1. The van der Waals surface area contributed by atoms with E-state index in [0.29, 0.717) is 42.7 Å². The third-order valence-electron chi connectivity index (χ3n) is 5.30. The zero-order valence-electron chi connectivity index (χ0n) is 19.7. The van der Waals surface area contributed by atoms with Gasteiger partial charge in [-0.1, -0.05) is 0 Å². The van der Waals surface area contributed by atoms with Crippen molar-refractivity contribution in [2.75, 3.05) is 29.5 Å². The Labute approximate surface area is 197 Å². The second kappa shape index (κ2) is 9.16. The number of amides is 1. The largest absolute Gasteiger partial charge is 0.444 e. The van der Waals surface area contributed by atoms with Crippen LogP contribution in [-0.2, 0) is 11.8 Å². The van der Waals surface area contributed by atoms with E-state index in [0.717, 1.165) is 5.56 Å². The Morgan fingerprint density at radius 1 is 1.26 bits per heavy atom. The second-order valence-electron chi connectivity index (χ2n) is 9.30. The molecule has 34 heavy (non-hydrogen) atoms. The quantitative estimate of drug-likeness (QED) is 0.478. The number of aryl methyl sites for hydroxylation is 1. The fourth-order valence-electron chi connectivity index (χ4n) is 3.74. The molecular formula is C23H29FN8O2. The number of nitrogens with one attached hydrogen (secondary N) is 2. The van der Waals surface area contributed by atoms with Gasteiger partial charge in [-0.05, 0) is 45.4 Å². The lowest BCUT2D eigenvalue weighted by Gasteiger charge is -2.24. The Balaban J connectivity index is 1.62. The molecule has 10 nitrogen and oxygen atoms in total. The van der Waals surface area contributed by atoms with Gasteiger partial charge in [0.25, 0.3) is 0 Å². The number of nitrogens with zero attached hydrogens (tertiary/aromatic N) is 5. The molecule has 1 aliphatic rings. The maximum atomic E-state index is 14.5. The number of rotatable bonds is 5. The highest BCUT2D eigenvalue weighted by molar-refractivity contribution is 5.70. The molecule has 3 heterocycles. The number of aromatic nitrogens is 4. The fourth-order valence-corrected chi connectivity index (χ4v) is 3.74. The lowest BCUT2D eigenvalue weighted by atomic mass is 10.0. The molecule has 0 spiro atoms. The smallest absolute Gasteiger partial charge is 0.410 e. The molecule has 4 N–H and O–H groups in total. The van der Waals surface area contributed by atoms with Crippen molar-refractivity contribution in [1.29, 1.82) is 0 Å². The van der Waals surface area contributed by atoms with Gasteiger partial charge in [0, 0.05) is 49.7 Å². The van der Waals surface area contributed by atoms with E-state index in [9.17, 15) is 9.18 Å². The van der Waals surface area contributed by atoms with Gasteiger partial charge in [-0.3, -0.25) is 4.68 Å². The van der Waals surface area contributed by atoms with Crippen LogP contribution < -0.4 is 16.4 Å². The van der Waals surface area contributed by atoms with Crippen LogP contribution in [0.2, 0.25) is 0 Å². The van der Waals surface area contributed by atoms with Crippen molar-refractivity contribution in [2.45, 2.75) is 38.7 Å². The number of nitrogens with two attached hydrogens (primary N) is 1. The molecule has 1 atom stereocenters. The summed E-state index contributed by atoms with van der Waals surface area (Å²) < 4.78 is 21.6. The van der Waals surface area contributed by atoms with Gasteiger partial charge >= 0.3 is 6.09 Å². The average molecular weight is 469 g/mol. The van der Waals surface area contributed by atoms with Gasteiger partial charge in [-0.15, -0.1) is 0 Å². The van der Waals surface area contributed by atoms with E-state index in [2.05, 4.69) is 25.7 Å². The number of hydrogen-bond acceptors (Lipinski definition) is 8. The monoisotopic (exact) mass is 468 g/mol. The molecule has 1 saturated heterocycles. The van der Waals surface area contributed by atoms with Crippen LogP contribution in [0.1, 0.15) is 38.7 Å². The van der Waals surface area contributed by atoms with Crippen molar-refractivity contribution in [3.8, 4) is 0 Å². The molecule has 1 fully saturated rings. The summed E-state index contributed by atoms with van der Waals surface area (Å²) in [4.78, 5) is 23.3. The van der Waals surface area contributed by atoms with Gasteiger partial charge in [-0.2, -0.15) is 10.1 Å². The molecule has 3 aromatic rings. The van der Waals surface area contributed by atoms with Crippen LogP contribution >= 0.6 is 0 Å². The topological polar surface area (TPSA) is 123 Å². The molecule has 0 saturated carbocycles. The fraction of sp³-hybridized carbons (Fsp3) is 0.391. The molecule has 1 amide bonds. The van der Waals surface area contributed by atoms with Crippen molar-refractivity contribution >= 4 is 34.9 Å². The first-order valence-electron chi connectivity index (χ1n) is 11.0. The van der Waals surface area contributed by atoms with Gasteiger partial charge in [0.05, 0.1) is 17.6 Å². The first-order valence-corrected chi connectivity index (χ1v) is 11.0. The van der Waals surface area contributed by atoms with Crippen molar-refractivity contribution in [3.63, 3.8) is 0 Å². The Bertz CT molecular complexity index is 1190. The molecule has 0 bridgehead atoms. The molecule has 4 rings (SSSR count). The number of benzene rings is 1. The van der Waals surface area contributed by atoms with E-state index >= 15 is 0 Å². The maximum Gasteiger partial charge on any atom is 0.410 e. The van der Waals surface area contributed by atoms with Crippen molar-refractivity contribution in [1.82, 2.24) is 24.6 Å². The molecule has 2 aromatic heterocycles. The zero-order valence-corrected chi connectivity index (χ0v) is 19.7. The molecule has 0 aliphatic carbocycles. The first-order chi connectivity index (χ1) is 16.1. The van der Waals surface area contributed by atoms with Crippen LogP contribution in [0.25, 0.3) is 0 Å². The summed E-state index contributed by atoms with van der Waals surface area (Å²) in [5, 5.41) is 10.3. The van der Waals surface area contributed by atoms with E-state index in [1.165, 1.54) is 18.2 Å². The van der Waals surface area contributed by atoms with Crippen molar-refractivity contribution < 1.29 is 13.9 Å². The minimum atomic E-state index is -0.574. The Morgan fingerprint density at radius 3 is 2.76 bits per heavy atom. The SMILES string of the molecule is Cn1cc(Nc2ncc(C3CCN(C(=O)OC(C)(C)C)C3)c(Nc3cc(N)ccc3F)n2)cn1. The molecule has 0 radical (unpaired) electrons. The molecule has 1 aliphatic heterocycles. The van der Waals surface area contributed by atoms with Gasteiger partial charge in [0.15, 0.2) is 0 Å². The second-order valence-corrected chi connectivity index (χ2v) is 9.30. The van der Waals surface area contributed by atoms with Gasteiger partial charge in [0.1, 0.15) is 17.2 Å². The number of carbonyl (C=O) groups is 1. The Morgan fingerprint density at radius 2 is 2.06 bits per heavy atom. The molecular weight excluding hydrogens is 439 g/mol. The minimum absolute atomic E-state index is 0.0495. The van der Waals surface area contributed by atoms with E-state index in [1.54, 1.807) is 35.2 Å². The zero-order chi connectivity index (χ0) is 24.5. The van der Waals surface area contributed by atoms with Gasteiger partial charge in [-0.25, -0.2) is 14.2 Å². The maximum absolute atomic E-state index is 14.5. The average Bonchev–Trinajstić information content (AvgIpc) is 3.39. The summed E-state index contributed by atoms with van der Waals surface area (Å²) in [5.41, 5.74) is 7.39. The van der Waals surface area contributed by atoms with Crippen LogP contribution in [0, 0.1) is 5.82 Å². The number of halogens is 1. The van der Waals surface area contributed by atoms with Crippen molar-refractivity contribution in [2.24, 2.45) is 7.05 Å². The van der Waals surface area contributed by atoms with Crippen LogP contribution in [0.4, 0.5) is 38.0 Å². The van der Waals surface area contributed by atoms with E-state index < -0.39 is 11.4 Å². The number of carbonyl (C=O) groups excluding carboxylic acids is 1. The lowest BCUT2D eigenvalue weighted by Crippen LogP contribution is -2.35. The number of anilines is 5. The first kappa shape index (κ1) is 23.3. The number of likely N-dealkylation sites (tertiary alicyclic amines) is 1. The van der Waals surface area contributed by atoms with Gasteiger partial charge < -0.3 is 26.0 Å². The van der Waals surface area contributed by atoms with Crippen LogP contribution in [-0.4, -0.2) is 49.4 Å². The third-order valence-corrected chi connectivity index (χ3v) is 5.30. The highest BCUT2D eigenvalue weighted by Gasteiger charge is 2.32. The summed E-state index contributed by atoms with van der Waals surface area (Å²) >= 11 is 0. The van der Waals surface area contributed by atoms with Crippen LogP contribution in [0.15, 0.2) is 36.8 Å². The third kappa shape index (κ3) is 5.53.